The van der Waals surface area contributed by atoms with Gasteiger partial charge >= 0.3 is 0 Å². The maximum Gasteiger partial charge on any atom is 0.0146 e. The summed E-state index contributed by atoms with van der Waals surface area (Å²) >= 11 is 0. The van der Waals surface area contributed by atoms with Crippen molar-refractivity contribution in [1.29, 1.82) is 0 Å². The fourth-order valence-electron chi connectivity index (χ4n) is 4.54. The molecule has 0 amide bonds. The van der Waals surface area contributed by atoms with Gasteiger partial charge in [-0.15, -0.1) is 0 Å². The Kier molecular flexibility index (Phi) is 6.46. The molecule has 0 heteroatoms. The highest BCUT2D eigenvalue weighted by molar-refractivity contribution is 5.53. The third-order valence-corrected chi connectivity index (χ3v) is 6.68. The molecular weight excluding hydrogens is 372 g/mol. The predicted octanol–water partition coefficient (Wildman–Crippen LogP) is 9.20. The molecule has 0 aliphatic heterocycles. The van der Waals surface area contributed by atoms with Gasteiger partial charge in [0.1, 0.15) is 0 Å². The van der Waals surface area contributed by atoms with E-state index < -0.39 is 0 Å². The van der Waals surface area contributed by atoms with Gasteiger partial charge in [-0.2, -0.15) is 0 Å². The summed E-state index contributed by atoms with van der Waals surface area (Å²) in [6.45, 7) is 32.9. The molecule has 0 fully saturated rings. The van der Waals surface area contributed by atoms with Gasteiger partial charge in [0.2, 0.25) is 0 Å². The standard InChI is InChI=1S/C31H48/c1-27(2,3)21-16-15-17-22(18-21)31(13,14)23-19-24(28(4,5)6)26(30(10,11)12)25(20-23)29(7,8)9/h15-20H,1-14H3. The molecule has 172 valence electrons. The van der Waals surface area contributed by atoms with Crippen LogP contribution < -0.4 is 0 Å². The van der Waals surface area contributed by atoms with Crippen LogP contribution in [0.4, 0.5) is 0 Å². The minimum atomic E-state index is -0.0718. The fourth-order valence-corrected chi connectivity index (χ4v) is 4.54. The second-order valence-electron chi connectivity index (χ2n) is 14.2. The van der Waals surface area contributed by atoms with E-state index in [9.17, 15) is 0 Å². The lowest BCUT2D eigenvalue weighted by molar-refractivity contribution is 0.493. The first-order valence-corrected chi connectivity index (χ1v) is 12.0. The Morgan fingerprint density at radius 2 is 0.839 bits per heavy atom. The molecule has 0 unspecified atom stereocenters. The maximum atomic E-state index is 2.51. The van der Waals surface area contributed by atoms with Crippen molar-refractivity contribution in [2.75, 3.05) is 0 Å². The highest BCUT2D eigenvalue weighted by atomic mass is 14.4. The van der Waals surface area contributed by atoms with Gasteiger partial charge in [-0.25, -0.2) is 0 Å². The van der Waals surface area contributed by atoms with E-state index in [0.29, 0.717) is 0 Å². The topological polar surface area (TPSA) is 0 Å². The van der Waals surface area contributed by atoms with Gasteiger partial charge in [0.05, 0.1) is 0 Å². The van der Waals surface area contributed by atoms with Crippen LogP contribution in [0, 0.1) is 0 Å². The second-order valence-corrected chi connectivity index (χ2v) is 14.2. The summed E-state index contributed by atoms with van der Waals surface area (Å²) in [5.41, 5.74) is 9.05. The van der Waals surface area contributed by atoms with Crippen LogP contribution >= 0.6 is 0 Å². The van der Waals surface area contributed by atoms with Gasteiger partial charge in [-0.3, -0.25) is 0 Å². The Morgan fingerprint density at radius 3 is 1.19 bits per heavy atom. The van der Waals surface area contributed by atoms with Gasteiger partial charge in [-0.1, -0.05) is 133 Å². The largest absolute Gasteiger partial charge is 0.0617 e. The Morgan fingerprint density at radius 1 is 0.419 bits per heavy atom. The quantitative estimate of drug-likeness (QED) is 0.454. The molecule has 0 aromatic heterocycles. The van der Waals surface area contributed by atoms with Gasteiger partial charge in [0, 0.05) is 5.41 Å². The molecule has 0 bridgehead atoms. The Balaban J connectivity index is 2.89. The Bertz CT molecular complexity index is 891. The van der Waals surface area contributed by atoms with Crippen LogP contribution in [0.15, 0.2) is 36.4 Å². The number of hydrogen-bond acceptors (Lipinski definition) is 0. The molecule has 0 aliphatic carbocycles. The summed E-state index contributed by atoms with van der Waals surface area (Å²) in [5, 5.41) is 0. The summed E-state index contributed by atoms with van der Waals surface area (Å²) in [4.78, 5) is 0. The fraction of sp³-hybridized carbons (Fsp3) is 0.613. The molecule has 2 aromatic rings. The molecule has 0 aliphatic rings. The molecule has 0 radical (unpaired) electrons. The summed E-state index contributed by atoms with van der Waals surface area (Å²) in [6.07, 6.45) is 0. The summed E-state index contributed by atoms with van der Waals surface area (Å²) in [5.74, 6) is 0. The highest BCUT2D eigenvalue weighted by Gasteiger charge is 2.35. The van der Waals surface area contributed by atoms with E-state index in [4.69, 9.17) is 0 Å². The van der Waals surface area contributed by atoms with Gasteiger partial charge in [-0.05, 0) is 55.0 Å². The third-order valence-electron chi connectivity index (χ3n) is 6.68. The van der Waals surface area contributed by atoms with E-state index in [1.54, 1.807) is 0 Å². The maximum absolute atomic E-state index is 2.51. The van der Waals surface area contributed by atoms with Crippen molar-refractivity contribution in [2.45, 2.75) is 124 Å². The minimum absolute atomic E-state index is 0.0718. The average molecular weight is 421 g/mol. The van der Waals surface area contributed by atoms with E-state index in [0.717, 1.165) is 0 Å². The predicted molar refractivity (Wildman–Crippen MR) is 140 cm³/mol. The van der Waals surface area contributed by atoms with Gasteiger partial charge < -0.3 is 0 Å². The first-order chi connectivity index (χ1) is 13.7. The van der Waals surface area contributed by atoms with E-state index >= 15 is 0 Å². The molecule has 0 heterocycles. The summed E-state index contributed by atoms with van der Waals surface area (Å²) < 4.78 is 0. The molecule has 0 spiro atoms. The first kappa shape index (κ1) is 25.7. The van der Waals surface area contributed by atoms with Crippen molar-refractivity contribution < 1.29 is 0 Å². The molecule has 0 atom stereocenters. The molecular formula is C31H48. The summed E-state index contributed by atoms with van der Waals surface area (Å²) in [7, 11) is 0. The van der Waals surface area contributed by atoms with Crippen LogP contribution in [0.2, 0.25) is 0 Å². The average Bonchev–Trinajstić information content (AvgIpc) is 2.57. The van der Waals surface area contributed by atoms with Crippen molar-refractivity contribution in [3.63, 3.8) is 0 Å². The zero-order chi connectivity index (χ0) is 24.2. The molecule has 2 rings (SSSR count). The van der Waals surface area contributed by atoms with Crippen molar-refractivity contribution in [3.8, 4) is 0 Å². The van der Waals surface area contributed by atoms with Crippen LogP contribution in [0.1, 0.15) is 130 Å². The van der Waals surface area contributed by atoms with Crippen LogP contribution in [-0.4, -0.2) is 0 Å². The third kappa shape index (κ3) is 5.44. The smallest absolute Gasteiger partial charge is 0.0146 e. The van der Waals surface area contributed by atoms with Crippen molar-refractivity contribution >= 4 is 0 Å². The summed E-state index contributed by atoms with van der Waals surface area (Å²) in [6, 6.07) is 14.3. The molecule has 0 saturated carbocycles. The molecule has 0 saturated heterocycles. The van der Waals surface area contributed by atoms with Crippen molar-refractivity contribution in [3.05, 3.63) is 69.8 Å². The van der Waals surface area contributed by atoms with Crippen LogP contribution in [-0.2, 0) is 27.1 Å². The minimum Gasteiger partial charge on any atom is -0.0617 e. The van der Waals surface area contributed by atoms with Crippen molar-refractivity contribution in [2.24, 2.45) is 0 Å². The number of hydrogen-bond donors (Lipinski definition) is 0. The molecule has 0 N–H and O–H groups in total. The Hall–Kier alpha value is -1.56. The Labute approximate surface area is 193 Å². The number of benzene rings is 2. The second kappa shape index (κ2) is 7.79. The van der Waals surface area contributed by atoms with Crippen LogP contribution in [0.3, 0.4) is 0 Å². The zero-order valence-corrected chi connectivity index (χ0v) is 23.0. The van der Waals surface area contributed by atoms with Gasteiger partial charge in [0.25, 0.3) is 0 Å². The monoisotopic (exact) mass is 420 g/mol. The van der Waals surface area contributed by atoms with Gasteiger partial charge in [0.15, 0.2) is 0 Å². The van der Waals surface area contributed by atoms with E-state index in [1.807, 2.05) is 0 Å². The normalized spacial score (nSPS) is 14.1. The van der Waals surface area contributed by atoms with Crippen molar-refractivity contribution in [1.82, 2.24) is 0 Å². The van der Waals surface area contributed by atoms with E-state index in [1.165, 1.54) is 33.4 Å². The van der Waals surface area contributed by atoms with E-state index in [-0.39, 0.29) is 27.1 Å². The lowest BCUT2D eigenvalue weighted by atomic mass is 9.65. The highest BCUT2D eigenvalue weighted by Crippen LogP contribution is 2.44. The van der Waals surface area contributed by atoms with Crippen LogP contribution in [0.5, 0.6) is 0 Å². The van der Waals surface area contributed by atoms with Crippen LogP contribution in [0.25, 0.3) is 0 Å². The molecule has 2 aromatic carbocycles. The first-order valence-electron chi connectivity index (χ1n) is 12.0. The molecule has 31 heavy (non-hydrogen) atoms. The van der Waals surface area contributed by atoms with E-state index in [2.05, 4.69) is 133 Å². The number of rotatable bonds is 2. The zero-order valence-electron chi connectivity index (χ0n) is 23.0. The SMILES string of the molecule is CC(C)(C)c1cccc(C(C)(C)c2cc(C(C)(C)C)c(C(C)(C)C)c(C(C)(C)C)c2)c1. The lowest BCUT2D eigenvalue weighted by Crippen LogP contribution is -2.30. The molecule has 0 nitrogen and oxygen atoms in total. The lowest BCUT2D eigenvalue weighted by Gasteiger charge is -2.39.